The summed E-state index contributed by atoms with van der Waals surface area (Å²) in [6.07, 6.45) is 0. The van der Waals surface area contributed by atoms with Gasteiger partial charge in [0.15, 0.2) is 0 Å². The van der Waals surface area contributed by atoms with Crippen molar-refractivity contribution < 1.29 is 19.4 Å². The van der Waals surface area contributed by atoms with Crippen LogP contribution in [0.1, 0.15) is 5.56 Å². The van der Waals surface area contributed by atoms with Crippen LogP contribution in [-0.4, -0.2) is 41.8 Å². The summed E-state index contributed by atoms with van der Waals surface area (Å²) in [5, 5.41) is 11.5. The van der Waals surface area contributed by atoms with Gasteiger partial charge in [0.1, 0.15) is 0 Å². The molecule has 0 saturated carbocycles. The van der Waals surface area contributed by atoms with E-state index >= 15 is 0 Å². The number of hydrogen-bond donors (Lipinski definition) is 2. The number of aliphatic carboxylic acids is 1. The Hall–Kier alpha value is -1.93. The SMILES string of the molecule is COc1nc2cc(Br)cc(CNCC(=O)O)c2nc1OC. The third-order valence-electron chi connectivity index (χ3n) is 2.73. The van der Waals surface area contributed by atoms with E-state index in [0.717, 1.165) is 10.0 Å². The summed E-state index contributed by atoms with van der Waals surface area (Å²) in [6, 6.07) is 3.67. The molecule has 112 valence electrons. The lowest BCUT2D eigenvalue weighted by Crippen LogP contribution is -2.22. The summed E-state index contributed by atoms with van der Waals surface area (Å²) in [5.74, 6) is -0.334. The number of carboxylic acids is 1. The highest BCUT2D eigenvalue weighted by Gasteiger charge is 2.13. The summed E-state index contributed by atoms with van der Waals surface area (Å²) in [4.78, 5) is 19.3. The summed E-state index contributed by atoms with van der Waals surface area (Å²) >= 11 is 3.40. The molecule has 0 aliphatic rings. The molecule has 0 spiro atoms. The molecule has 1 aromatic heterocycles. The third kappa shape index (κ3) is 3.59. The highest BCUT2D eigenvalue weighted by Crippen LogP contribution is 2.29. The zero-order valence-corrected chi connectivity index (χ0v) is 13.1. The fourth-order valence-electron chi connectivity index (χ4n) is 1.87. The molecule has 0 saturated heterocycles. The van der Waals surface area contributed by atoms with Crippen LogP contribution in [-0.2, 0) is 11.3 Å². The molecule has 0 aliphatic carbocycles. The number of aromatic nitrogens is 2. The molecule has 0 unspecified atom stereocenters. The molecule has 0 radical (unpaired) electrons. The van der Waals surface area contributed by atoms with Gasteiger partial charge in [0.2, 0.25) is 0 Å². The van der Waals surface area contributed by atoms with Crippen molar-refractivity contribution in [3.8, 4) is 11.8 Å². The number of methoxy groups -OCH3 is 2. The van der Waals surface area contributed by atoms with Crippen molar-refractivity contribution in [2.45, 2.75) is 6.54 Å². The van der Waals surface area contributed by atoms with Crippen molar-refractivity contribution in [1.82, 2.24) is 15.3 Å². The quantitative estimate of drug-likeness (QED) is 0.812. The Bertz CT molecular complexity index is 678. The Kier molecular flexibility index (Phi) is 4.92. The van der Waals surface area contributed by atoms with E-state index in [4.69, 9.17) is 14.6 Å². The Morgan fingerprint density at radius 1 is 1.29 bits per heavy atom. The Morgan fingerprint density at radius 2 is 1.95 bits per heavy atom. The molecule has 7 nitrogen and oxygen atoms in total. The van der Waals surface area contributed by atoms with E-state index in [1.54, 1.807) is 0 Å². The van der Waals surface area contributed by atoms with Crippen molar-refractivity contribution in [3.63, 3.8) is 0 Å². The molecule has 8 heteroatoms. The van der Waals surface area contributed by atoms with Gasteiger partial charge in [-0.15, -0.1) is 0 Å². The summed E-state index contributed by atoms with van der Waals surface area (Å²) < 4.78 is 11.1. The Labute approximate surface area is 129 Å². The van der Waals surface area contributed by atoms with Gasteiger partial charge >= 0.3 is 5.97 Å². The second kappa shape index (κ2) is 6.68. The maximum atomic E-state index is 10.6. The first-order chi connectivity index (χ1) is 10.0. The highest BCUT2D eigenvalue weighted by atomic mass is 79.9. The normalized spacial score (nSPS) is 10.6. The predicted molar refractivity (Wildman–Crippen MR) is 79.7 cm³/mol. The minimum Gasteiger partial charge on any atom is -0.480 e. The molecule has 21 heavy (non-hydrogen) atoms. The van der Waals surface area contributed by atoms with Crippen LogP contribution < -0.4 is 14.8 Å². The first-order valence-corrected chi connectivity index (χ1v) is 6.85. The fraction of sp³-hybridized carbons (Fsp3) is 0.308. The van der Waals surface area contributed by atoms with Crippen LogP contribution in [0.15, 0.2) is 16.6 Å². The van der Waals surface area contributed by atoms with Gasteiger partial charge in [-0.2, -0.15) is 0 Å². The minimum atomic E-state index is -0.917. The fourth-order valence-corrected chi connectivity index (χ4v) is 2.36. The molecule has 2 N–H and O–H groups in total. The number of carbonyl (C=O) groups is 1. The van der Waals surface area contributed by atoms with Crippen molar-refractivity contribution in [3.05, 3.63) is 22.2 Å². The summed E-state index contributed by atoms with van der Waals surface area (Å²) in [7, 11) is 2.98. The van der Waals surface area contributed by atoms with Gasteiger partial charge in [-0.05, 0) is 17.7 Å². The van der Waals surface area contributed by atoms with E-state index in [0.29, 0.717) is 23.5 Å². The predicted octanol–water partition coefficient (Wildman–Crippen LogP) is 1.58. The second-order valence-corrected chi connectivity index (χ2v) is 5.09. The van der Waals surface area contributed by atoms with Gasteiger partial charge in [-0.1, -0.05) is 15.9 Å². The Balaban J connectivity index is 2.46. The number of fused-ring (bicyclic) bond motifs is 1. The van der Waals surface area contributed by atoms with E-state index in [9.17, 15) is 4.79 Å². The van der Waals surface area contributed by atoms with E-state index in [-0.39, 0.29) is 12.4 Å². The number of carboxylic acid groups (broad SMARTS) is 1. The summed E-state index contributed by atoms with van der Waals surface area (Å²) in [6.45, 7) is 0.223. The molecule has 1 heterocycles. The molecule has 1 aromatic carbocycles. The topological polar surface area (TPSA) is 93.6 Å². The number of benzene rings is 1. The molecular formula is C13H14BrN3O4. The van der Waals surface area contributed by atoms with E-state index in [1.807, 2.05) is 12.1 Å². The van der Waals surface area contributed by atoms with Gasteiger partial charge in [-0.3, -0.25) is 4.79 Å². The van der Waals surface area contributed by atoms with E-state index < -0.39 is 5.97 Å². The molecule has 0 bridgehead atoms. The van der Waals surface area contributed by atoms with Crippen molar-refractivity contribution in [2.75, 3.05) is 20.8 Å². The number of ether oxygens (including phenoxy) is 2. The van der Waals surface area contributed by atoms with Gasteiger partial charge in [0, 0.05) is 11.0 Å². The number of nitrogens with zero attached hydrogens (tertiary/aromatic N) is 2. The monoisotopic (exact) mass is 355 g/mol. The van der Waals surface area contributed by atoms with E-state index in [1.165, 1.54) is 14.2 Å². The molecule has 2 aromatic rings. The van der Waals surface area contributed by atoms with Gasteiger partial charge in [0.25, 0.3) is 11.8 Å². The number of halogens is 1. The van der Waals surface area contributed by atoms with Crippen LogP contribution in [0.3, 0.4) is 0 Å². The van der Waals surface area contributed by atoms with Gasteiger partial charge in [-0.25, -0.2) is 9.97 Å². The smallest absolute Gasteiger partial charge is 0.317 e. The molecule has 0 atom stereocenters. The van der Waals surface area contributed by atoms with Crippen LogP contribution in [0.5, 0.6) is 11.8 Å². The number of nitrogens with one attached hydrogen (secondary N) is 1. The lowest BCUT2D eigenvalue weighted by Gasteiger charge is -2.11. The van der Waals surface area contributed by atoms with Crippen molar-refractivity contribution in [2.24, 2.45) is 0 Å². The number of hydrogen-bond acceptors (Lipinski definition) is 6. The maximum absolute atomic E-state index is 10.6. The van der Waals surface area contributed by atoms with Crippen LogP contribution in [0.25, 0.3) is 11.0 Å². The third-order valence-corrected chi connectivity index (χ3v) is 3.19. The standard InChI is InChI=1S/C13H14BrN3O4/c1-20-12-13(21-2)17-11-7(5-15-6-10(18)19)3-8(14)4-9(11)16-12/h3-4,15H,5-6H2,1-2H3,(H,18,19). The molecule has 0 aliphatic heterocycles. The molecular weight excluding hydrogens is 342 g/mol. The number of rotatable bonds is 6. The average Bonchev–Trinajstić information content (AvgIpc) is 2.45. The van der Waals surface area contributed by atoms with Crippen LogP contribution in [0.4, 0.5) is 0 Å². The van der Waals surface area contributed by atoms with Crippen molar-refractivity contribution in [1.29, 1.82) is 0 Å². The van der Waals surface area contributed by atoms with Gasteiger partial charge < -0.3 is 19.9 Å². The zero-order chi connectivity index (χ0) is 15.4. The first-order valence-electron chi connectivity index (χ1n) is 6.05. The molecule has 0 fully saturated rings. The lowest BCUT2D eigenvalue weighted by atomic mass is 10.1. The van der Waals surface area contributed by atoms with Crippen molar-refractivity contribution >= 4 is 32.9 Å². The zero-order valence-electron chi connectivity index (χ0n) is 11.5. The molecule has 0 amide bonds. The largest absolute Gasteiger partial charge is 0.480 e. The highest BCUT2D eigenvalue weighted by molar-refractivity contribution is 9.10. The second-order valence-electron chi connectivity index (χ2n) is 4.17. The minimum absolute atomic E-state index is 0.130. The van der Waals surface area contributed by atoms with Gasteiger partial charge in [0.05, 0.1) is 31.8 Å². The molecule has 2 rings (SSSR count). The Morgan fingerprint density at radius 3 is 2.57 bits per heavy atom. The summed E-state index contributed by atoms with van der Waals surface area (Å²) in [5.41, 5.74) is 2.08. The van der Waals surface area contributed by atoms with Crippen LogP contribution in [0, 0.1) is 0 Å². The lowest BCUT2D eigenvalue weighted by molar-refractivity contribution is -0.135. The van der Waals surface area contributed by atoms with Crippen LogP contribution >= 0.6 is 15.9 Å². The average molecular weight is 356 g/mol. The van der Waals surface area contributed by atoms with E-state index in [2.05, 4.69) is 31.2 Å². The maximum Gasteiger partial charge on any atom is 0.317 e. The first kappa shape index (κ1) is 15.5. The van der Waals surface area contributed by atoms with Crippen LogP contribution in [0.2, 0.25) is 0 Å².